The standard InChI is InChI=1S/C18H14F2N2O5/c1-27-16-7-11(17(23)24)3-2-10(16)6-12-9-21(18(19)20)15-5-4-13(22(25)26)8-14(12)15/h2-5,7-9,18H,6H2,1H3,(H,23,24). The SMILES string of the molecule is COc1cc(C(=O)O)ccc1Cc1cn(C(F)F)c2ccc([N+](=O)[O-])cc12. The molecule has 0 fully saturated rings. The van der Waals surface area contributed by atoms with E-state index in [9.17, 15) is 23.7 Å². The topological polar surface area (TPSA) is 94.6 Å². The number of halogens is 2. The summed E-state index contributed by atoms with van der Waals surface area (Å²) in [6, 6.07) is 7.97. The molecule has 0 atom stereocenters. The summed E-state index contributed by atoms with van der Waals surface area (Å²) in [5.74, 6) is -0.831. The van der Waals surface area contributed by atoms with Crippen molar-refractivity contribution in [2.45, 2.75) is 13.0 Å². The van der Waals surface area contributed by atoms with Gasteiger partial charge in [-0.3, -0.25) is 14.7 Å². The van der Waals surface area contributed by atoms with E-state index >= 15 is 0 Å². The van der Waals surface area contributed by atoms with Gasteiger partial charge in [0, 0.05) is 30.1 Å². The maximum atomic E-state index is 13.3. The molecule has 0 aliphatic heterocycles. The molecular weight excluding hydrogens is 362 g/mol. The normalized spacial score (nSPS) is 11.1. The number of benzene rings is 2. The van der Waals surface area contributed by atoms with E-state index in [0.29, 0.717) is 22.3 Å². The number of aromatic nitrogens is 1. The van der Waals surface area contributed by atoms with Crippen LogP contribution in [-0.2, 0) is 6.42 Å². The summed E-state index contributed by atoms with van der Waals surface area (Å²) < 4.78 is 32.6. The van der Waals surface area contributed by atoms with Crippen LogP contribution in [0.5, 0.6) is 5.75 Å². The van der Waals surface area contributed by atoms with Gasteiger partial charge in [0.2, 0.25) is 0 Å². The molecule has 0 spiro atoms. The number of ether oxygens (including phenoxy) is 1. The number of hydrogen-bond acceptors (Lipinski definition) is 4. The third-order valence-electron chi connectivity index (χ3n) is 4.24. The van der Waals surface area contributed by atoms with Crippen molar-refractivity contribution in [3.8, 4) is 5.75 Å². The molecule has 3 aromatic rings. The Hall–Kier alpha value is -3.49. The third-order valence-corrected chi connectivity index (χ3v) is 4.24. The Morgan fingerprint density at radius 2 is 2.00 bits per heavy atom. The second kappa shape index (κ2) is 7.02. The van der Waals surface area contributed by atoms with Crippen molar-refractivity contribution < 1.29 is 28.3 Å². The van der Waals surface area contributed by atoms with Crippen LogP contribution >= 0.6 is 0 Å². The van der Waals surface area contributed by atoms with E-state index in [4.69, 9.17) is 9.84 Å². The Bertz CT molecular complexity index is 1050. The Morgan fingerprint density at radius 1 is 1.26 bits per heavy atom. The molecule has 1 N–H and O–H groups in total. The largest absolute Gasteiger partial charge is 0.496 e. The monoisotopic (exact) mass is 376 g/mol. The summed E-state index contributed by atoms with van der Waals surface area (Å²) in [4.78, 5) is 21.5. The van der Waals surface area contributed by atoms with Gasteiger partial charge in [0.1, 0.15) is 5.75 Å². The van der Waals surface area contributed by atoms with Crippen molar-refractivity contribution in [1.82, 2.24) is 4.57 Å². The minimum atomic E-state index is -2.81. The molecule has 1 aromatic heterocycles. The van der Waals surface area contributed by atoms with E-state index in [-0.39, 0.29) is 23.2 Å². The van der Waals surface area contributed by atoms with Crippen LogP contribution in [0, 0.1) is 10.1 Å². The number of methoxy groups -OCH3 is 1. The molecule has 7 nitrogen and oxygen atoms in total. The zero-order chi connectivity index (χ0) is 19.7. The number of rotatable bonds is 6. The number of carboxylic acid groups (broad SMARTS) is 1. The Morgan fingerprint density at radius 3 is 2.59 bits per heavy atom. The molecule has 0 bridgehead atoms. The summed E-state index contributed by atoms with van der Waals surface area (Å²) in [6.45, 7) is -2.81. The molecule has 0 aliphatic rings. The summed E-state index contributed by atoms with van der Waals surface area (Å²) in [7, 11) is 1.37. The fourth-order valence-electron chi connectivity index (χ4n) is 2.96. The lowest BCUT2D eigenvalue weighted by atomic mass is 10.0. The molecule has 0 radical (unpaired) electrons. The van der Waals surface area contributed by atoms with Crippen molar-refractivity contribution in [1.29, 1.82) is 0 Å². The van der Waals surface area contributed by atoms with Crippen LogP contribution in [0.4, 0.5) is 14.5 Å². The maximum Gasteiger partial charge on any atom is 0.335 e. The van der Waals surface area contributed by atoms with Crippen LogP contribution in [0.25, 0.3) is 10.9 Å². The minimum Gasteiger partial charge on any atom is -0.496 e. The lowest BCUT2D eigenvalue weighted by Gasteiger charge is -2.09. The molecule has 0 aliphatic carbocycles. The second-order valence-corrected chi connectivity index (χ2v) is 5.81. The highest BCUT2D eigenvalue weighted by Gasteiger charge is 2.19. The van der Waals surface area contributed by atoms with Gasteiger partial charge in [0.15, 0.2) is 0 Å². The van der Waals surface area contributed by atoms with Crippen LogP contribution in [0.1, 0.15) is 28.0 Å². The van der Waals surface area contributed by atoms with Crippen LogP contribution in [0.15, 0.2) is 42.6 Å². The highest BCUT2D eigenvalue weighted by molar-refractivity contribution is 5.89. The van der Waals surface area contributed by atoms with Crippen molar-refractivity contribution in [3.05, 3.63) is 69.4 Å². The van der Waals surface area contributed by atoms with Crippen molar-refractivity contribution >= 4 is 22.6 Å². The number of nitro benzene ring substituents is 1. The zero-order valence-electron chi connectivity index (χ0n) is 14.1. The number of nitro groups is 1. The lowest BCUT2D eigenvalue weighted by molar-refractivity contribution is -0.384. The molecule has 0 amide bonds. The van der Waals surface area contributed by atoms with Gasteiger partial charge in [-0.25, -0.2) is 4.79 Å². The van der Waals surface area contributed by atoms with Gasteiger partial charge in [0.25, 0.3) is 5.69 Å². The van der Waals surface area contributed by atoms with E-state index in [2.05, 4.69) is 0 Å². The van der Waals surface area contributed by atoms with Gasteiger partial charge in [-0.05, 0) is 29.3 Å². The number of carbonyl (C=O) groups is 1. The molecule has 27 heavy (non-hydrogen) atoms. The van der Waals surface area contributed by atoms with Gasteiger partial charge in [-0.1, -0.05) is 6.07 Å². The highest BCUT2D eigenvalue weighted by atomic mass is 19.3. The zero-order valence-corrected chi connectivity index (χ0v) is 14.1. The minimum absolute atomic E-state index is 0.0289. The van der Waals surface area contributed by atoms with Crippen LogP contribution in [0.2, 0.25) is 0 Å². The molecule has 0 unspecified atom stereocenters. The second-order valence-electron chi connectivity index (χ2n) is 5.81. The van der Waals surface area contributed by atoms with E-state index in [1.54, 1.807) is 0 Å². The maximum absolute atomic E-state index is 13.3. The molecule has 0 saturated heterocycles. The molecule has 2 aromatic carbocycles. The molecule has 3 rings (SSSR count). The lowest BCUT2D eigenvalue weighted by Crippen LogP contribution is -2.00. The fourth-order valence-corrected chi connectivity index (χ4v) is 2.96. The van der Waals surface area contributed by atoms with E-state index in [0.717, 1.165) is 4.57 Å². The fraction of sp³-hybridized carbons (Fsp3) is 0.167. The van der Waals surface area contributed by atoms with Gasteiger partial charge >= 0.3 is 12.5 Å². The number of fused-ring (bicyclic) bond motifs is 1. The first-order valence-electron chi connectivity index (χ1n) is 7.78. The van der Waals surface area contributed by atoms with Gasteiger partial charge in [-0.15, -0.1) is 0 Å². The first-order chi connectivity index (χ1) is 12.8. The third kappa shape index (κ3) is 3.43. The Labute approximate surface area is 151 Å². The number of aromatic carboxylic acids is 1. The van der Waals surface area contributed by atoms with Gasteiger partial charge in [0.05, 0.1) is 23.1 Å². The molecular formula is C18H14F2N2O5. The smallest absolute Gasteiger partial charge is 0.335 e. The average Bonchev–Trinajstić information content (AvgIpc) is 3.00. The number of alkyl halides is 2. The van der Waals surface area contributed by atoms with Crippen LogP contribution < -0.4 is 4.74 Å². The van der Waals surface area contributed by atoms with E-state index in [1.807, 2.05) is 0 Å². The highest BCUT2D eigenvalue weighted by Crippen LogP contribution is 2.32. The summed E-state index contributed by atoms with van der Waals surface area (Å²) in [5, 5.41) is 20.4. The summed E-state index contributed by atoms with van der Waals surface area (Å²) in [6.07, 6.45) is 1.38. The molecule has 9 heteroatoms. The predicted octanol–water partition coefficient (Wildman–Crippen LogP) is 4.24. The van der Waals surface area contributed by atoms with E-state index < -0.39 is 17.4 Å². The van der Waals surface area contributed by atoms with Crippen LogP contribution in [0.3, 0.4) is 0 Å². The molecule has 1 heterocycles. The van der Waals surface area contributed by atoms with Crippen LogP contribution in [-0.4, -0.2) is 27.7 Å². The Kier molecular flexibility index (Phi) is 4.76. The number of carboxylic acids is 1. The average molecular weight is 376 g/mol. The van der Waals surface area contributed by atoms with Crippen molar-refractivity contribution in [3.63, 3.8) is 0 Å². The predicted molar refractivity (Wildman–Crippen MR) is 92.6 cm³/mol. The van der Waals surface area contributed by atoms with Crippen molar-refractivity contribution in [2.24, 2.45) is 0 Å². The first-order valence-corrected chi connectivity index (χ1v) is 7.78. The van der Waals surface area contributed by atoms with Gasteiger partial charge in [-0.2, -0.15) is 8.78 Å². The molecule has 0 saturated carbocycles. The van der Waals surface area contributed by atoms with Gasteiger partial charge < -0.3 is 9.84 Å². The van der Waals surface area contributed by atoms with E-state index in [1.165, 1.54) is 49.7 Å². The first kappa shape index (κ1) is 18.3. The number of hydrogen-bond donors (Lipinski definition) is 1. The summed E-state index contributed by atoms with van der Waals surface area (Å²) >= 11 is 0. The number of non-ortho nitro benzene ring substituents is 1. The number of nitrogens with zero attached hydrogens (tertiary/aromatic N) is 2. The van der Waals surface area contributed by atoms with Crippen molar-refractivity contribution in [2.75, 3.05) is 7.11 Å². The Balaban J connectivity index is 2.12. The molecule has 140 valence electrons. The summed E-state index contributed by atoms with van der Waals surface area (Å²) in [5.41, 5.74) is 1.01. The quantitative estimate of drug-likeness (QED) is 0.513.